The minimum absolute atomic E-state index is 0.0477. The van der Waals surface area contributed by atoms with Crippen LogP contribution in [0, 0.1) is 0 Å². The van der Waals surface area contributed by atoms with Gasteiger partial charge in [0.05, 0.1) is 6.42 Å². The highest BCUT2D eigenvalue weighted by molar-refractivity contribution is 9.10. The summed E-state index contributed by atoms with van der Waals surface area (Å²) in [6.07, 6.45) is 0.867. The fourth-order valence-corrected chi connectivity index (χ4v) is 4.52. The summed E-state index contributed by atoms with van der Waals surface area (Å²) in [5, 5.41) is 13.6. The van der Waals surface area contributed by atoms with E-state index >= 15 is 0 Å². The second-order valence-electron chi connectivity index (χ2n) is 7.07. The number of hydrogen-bond donors (Lipinski definition) is 2. The van der Waals surface area contributed by atoms with Gasteiger partial charge in [0.15, 0.2) is 0 Å². The fourth-order valence-electron chi connectivity index (χ4n) is 3.89. The molecule has 1 heterocycles. The van der Waals surface area contributed by atoms with E-state index in [0.717, 1.165) is 43.9 Å². The van der Waals surface area contributed by atoms with E-state index in [2.05, 4.69) is 45.5 Å². The maximum atomic E-state index is 11.4. The van der Waals surface area contributed by atoms with Gasteiger partial charge in [0.2, 0.25) is 0 Å². The van der Waals surface area contributed by atoms with Crippen LogP contribution in [0.15, 0.2) is 71.2 Å². The van der Waals surface area contributed by atoms with Gasteiger partial charge in [-0.25, -0.2) is 0 Å². The van der Waals surface area contributed by atoms with Gasteiger partial charge < -0.3 is 10.4 Å². The summed E-state index contributed by atoms with van der Waals surface area (Å²) in [6, 6.07) is 22.2. The minimum Gasteiger partial charge on any atom is -0.481 e. The molecule has 1 aliphatic rings. The lowest BCUT2D eigenvalue weighted by Crippen LogP contribution is -2.25. The quantitative estimate of drug-likeness (QED) is 0.469. The zero-order valence-electron chi connectivity index (χ0n) is 15.0. The van der Waals surface area contributed by atoms with Crippen LogP contribution in [0.2, 0.25) is 5.02 Å². The van der Waals surface area contributed by atoms with Crippen LogP contribution in [-0.4, -0.2) is 17.1 Å². The Morgan fingerprint density at radius 3 is 2.54 bits per heavy atom. The number of fused-ring (bicyclic) bond motifs is 1. The van der Waals surface area contributed by atoms with E-state index in [4.69, 9.17) is 11.6 Å². The molecule has 2 N–H and O–H groups in total. The average molecular weight is 457 g/mol. The number of nitrogens with one attached hydrogen (secondary N) is 1. The molecule has 3 aromatic carbocycles. The van der Waals surface area contributed by atoms with Crippen molar-refractivity contribution in [3.63, 3.8) is 0 Å². The number of benzene rings is 3. The zero-order chi connectivity index (χ0) is 19.7. The fraction of sp³-hybridized carbons (Fsp3) is 0.174. The second-order valence-corrected chi connectivity index (χ2v) is 8.39. The molecular formula is C23H19BrClNO2. The summed E-state index contributed by atoms with van der Waals surface area (Å²) < 4.78 is 0.966. The Morgan fingerprint density at radius 1 is 1.07 bits per heavy atom. The van der Waals surface area contributed by atoms with E-state index in [1.165, 1.54) is 0 Å². The smallest absolute Gasteiger partial charge is 0.304 e. The minimum atomic E-state index is -0.779. The molecule has 0 radical (unpaired) electrons. The van der Waals surface area contributed by atoms with Crippen LogP contribution in [0.4, 0.5) is 5.69 Å². The van der Waals surface area contributed by atoms with Gasteiger partial charge in [0.1, 0.15) is 0 Å². The lowest BCUT2D eigenvalue weighted by Gasteiger charge is -2.19. The van der Waals surface area contributed by atoms with Crippen molar-refractivity contribution in [3.05, 3.63) is 87.4 Å². The van der Waals surface area contributed by atoms with Gasteiger partial charge in [-0.1, -0.05) is 70.0 Å². The van der Waals surface area contributed by atoms with Gasteiger partial charge in [0, 0.05) is 32.7 Å². The SMILES string of the molecule is O=C(O)CC1c2cc(Br)ccc2NC1Cc1ccc(-c2ccccc2Cl)cc1. The average Bonchev–Trinajstić information content (AvgIpc) is 2.99. The van der Waals surface area contributed by atoms with Gasteiger partial charge in [0.25, 0.3) is 0 Å². The lowest BCUT2D eigenvalue weighted by atomic mass is 9.88. The van der Waals surface area contributed by atoms with Crippen LogP contribution in [0.3, 0.4) is 0 Å². The molecule has 0 saturated heterocycles. The highest BCUT2D eigenvalue weighted by atomic mass is 79.9. The van der Waals surface area contributed by atoms with Crippen LogP contribution in [-0.2, 0) is 11.2 Å². The number of carbonyl (C=O) groups is 1. The molecule has 0 spiro atoms. The number of carboxylic acid groups (broad SMARTS) is 1. The topological polar surface area (TPSA) is 49.3 Å². The third-order valence-electron chi connectivity index (χ3n) is 5.23. The van der Waals surface area contributed by atoms with Crippen LogP contribution >= 0.6 is 27.5 Å². The van der Waals surface area contributed by atoms with Gasteiger partial charge >= 0.3 is 5.97 Å². The Bertz CT molecular complexity index is 1020. The van der Waals surface area contributed by atoms with E-state index in [1.807, 2.05) is 42.5 Å². The lowest BCUT2D eigenvalue weighted by molar-refractivity contribution is -0.137. The molecule has 0 amide bonds. The standard InChI is InChI=1S/C23H19BrClNO2/c24-16-9-10-21-18(12-16)19(13-23(27)28)22(26-21)11-14-5-7-15(8-6-14)17-3-1-2-4-20(17)25/h1-10,12,19,22,26H,11,13H2,(H,27,28). The Hall–Kier alpha value is -2.30. The summed E-state index contributed by atoms with van der Waals surface area (Å²) in [6.45, 7) is 0. The summed E-state index contributed by atoms with van der Waals surface area (Å²) in [5.74, 6) is -0.841. The van der Waals surface area contributed by atoms with Crippen LogP contribution < -0.4 is 5.32 Å². The number of hydrogen-bond acceptors (Lipinski definition) is 2. The molecule has 1 aliphatic heterocycles. The highest BCUT2D eigenvalue weighted by Gasteiger charge is 2.33. The van der Waals surface area contributed by atoms with E-state index in [1.54, 1.807) is 0 Å². The summed E-state index contributed by atoms with van der Waals surface area (Å²) in [4.78, 5) is 11.4. The van der Waals surface area contributed by atoms with Gasteiger partial charge in [-0.05, 0) is 47.4 Å². The number of halogens is 2. The first kappa shape index (κ1) is 19.0. The van der Waals surface area contributed by atoms with Crippen molar-refractivity contribution in [1.82, 2.24) is 0 Å². The summed E-state index contributed by atoms with van der Waals surface area (Å²) in [7, 11) is 0. The molecule has 0 aliphatic carbocycles. The molecule has 0 fully saturated rings. The van der Waals surface area contributed by atoms with E-state index < -0.39 is 5.97 Å². The molecule has 28 heavy (non-hydrogen) atoms. The van der Waals surface area contributed by atoms with E-state index in [0.29, 0.717) is 0 Å². The van der Waals surface area contributed by atoms with Gasteiger partial charge in [-0.2, -0.15) is 0 Å². The van der Waals surface area contributed by atoms with Crippen LogP contribution in [0.5, 0.6) is 0 Å². The maximum Gasteiger partial charge on any atom is 0.304 e. The first-order chi connectivity index (χ1) is 13.5. The van der Waals surface area contributed by atoms with Crippen molar-refractivity contribution in [2.24, 2.45) is 0 Å². The number of rotatable bonds is 5. The third kappa shape index (κ3) is 3.94. The zero-order valence-corrected chi connectivity index (χ0v) is 17.4. The first-order valence-electron chi connectivity index (χ1n) is 9.13. The van der Waals surface area contributed by atoms with Gasteiger partial charge in [-0.15, -0.1) is 0 Å². The van der Waals surface area contributed by atoms with E-state index in [-0.39, 0.29) is 18.4 Å². The molecule has 0 aromatic heterocycles. The van der Waals surface area contributed by atoms with Crippen molar-refractivity contribution in [2.75, 3.05) is 5.32 Å². The Labute approximate surface area is 177 Å². The molecule has 142 valence electrons. The van der Waals surface area contributed by atoms with Crippen molar-refractivity contribution >= 4 is 39.2 Å². The third-order valence-corrected chi connectivity index (χ3v) is 6.05. The molecule has 4 rings (SSSR count). The molecule has 3 nitrogen and oxygen atoms in total. The summed E-state index contributed by atoms with van der Waals surface area (Å²) >= 11 is 9.79. The largest absolute Gasteiger partial charge is 0.481 e. The summed E-state index contributed by atoms with van der Waals surface area (Å²) in [5.41, 5.74) is 5.33. The van der Waals surface area contributed by atoms with Crippen molar-refractivity contribution in [1.29, 1.82) is 0 Å². The normalized spacial score (nSPS) is 17.8. The molecule has 3 aromatic rings. The molecule has 0 bridgehead atoms. The second kappa shape index (κ2) is 7.98. The van der Waals surface area contributed by atoms with Crippen LogP contribution in [0.25, 0.3) is 11.1 Å². The van der Waals surface area contributed by atoms with E-state index in [9.17, 15) is 9.90 Å². The molecule has 2 atom stereocenters. The number of carboxylic acids is 1. The highest BCUT2D eigenvalue weighted by Crippen LogP contribution is 2.41. The Morgan fingerprint density at radius 2 is 1.82 bits per heavy atom. The molecular weight excluding hydrogens is 438 g/mol. The Balaban J connectivity index is 1.56. The monoisotopic (exact) mass is 455 g/mol. The number of anilines is 1. The van der Waals surface area contributed by atoms with Crippen molar-refractivity contribution in [3.8, 4) is 11.1 Å². The maximum absolute atomic E-state index is 11.4. The van der Waals surface area contributed by atoms with Crippen LogP contribution in [0.1, 0.15) is 23.5 Å². The molecule has 0 saturated carbocycles. The predicted octanol–water partition coefficient (Wildman–Crippen LogP) is 6.36. The Kier molecular flexibility index (Phi) is 5.42. The van der Waals surface area contributed by atoms with Crippen molar-refractivity contribution < 1.29 is 9.90 Å². The molecule has 5 heteroatoms. The molecule has 2 unspecified atom stereocenters. The van der Waals surface area contributed by atoms with Crippen molar-refractivity contribution in [2.45, 2.75) is 24.8 Å². The first-order valence-corrected chi connectivity index (χ1v) is 10.3. The predicted molar refractivity (Wildman–Crippen MR) is 117 cm³/mol. The van der Waals surface area contributed by atoms with Gasteiger partial charge in [-0.3, -0.25) is 4.79 Å². The number of aliphatic carboxylic acids is 1.